The van der Waals surface area contributed by atoms with E-state index < -0.39 is 0 Å². The first-order valence-electron chi connectivity index (χ1n) is 6.14. The lowest BCUT2D eigenvalue weighted by molar-refractivity contribution is 0.0711. The van der Waals surface area contributed by atoms with E-state index in [-0.39, 0.29) is 12.1 Å². The van der Waals surface area contributed by atoms with Crippen LogP contribution in [0.5, 0.6) is 0 Å². The molecule has 2 saturated heterocycles. The second-order valence-electron chi connectivity index (χ2n) is 4.67. The monoisotopic (exact) mass is 227 g/mol. The molecule has 92 valence electrons. The molecule has 2 aliphatic heterocycles. The Labute approximate surface area is 96.3 Å². The fourth-order valence-corrected chi connectivity index (χ4v) is 2.42. The quantitative estimate of drug-likeness (QED) is 0.718. The van der Waals surface area contributed by atoms with Gasteiger partial charge in [-0.15, -0.1) is 0 Å². The predicted molar refractivity (Wildman–Crippen MR) is 61.1 cm³/mol. The molecule has 0 spiro atoms. The van der Waals surface area contributed by atoms with Crippen LogP contribution in [0.3, 0.4) is 0 Å². The van der Waals surface area contributed by atoms with Crippen LogP contribution in [0.25, 0.3) is 0 Å². The summed E-state index contributed by atoms with van der Waals surface area (Å²) in [6, 6.07) is 0.0452. The number of hydrogen-bond acceptors (Lipinski definition) is 3. The molecule has 0 saturated carbocycles. The predicted octanol–water partition coefficient (Wildman–Crippen LogP) is 0.156. The highest BCUT2D eigenvalue weighted by Crippen LogP contribution is 2.16. The van der Waals surface area contributed by atoms with Gasteiger partial charge in [0.15, 0.2) is 0 Å². The maximum absolute atomic E-state index is 11.7. The number of carbonyl (C=O) groups excluding carboxylic acids is 1. The first-order chi connectivity index (χ1) is 7.79. The lowest BCUT2D eigenvalue weighted by atomic mass is 10.0. The Kier molecular flexibility index (Phi) is 4.01. The molecule has 2 fully saturated rings. The molecule has 0 aliphatic carbocycles. The number of rotatable bonds is 4. The Bertz CT molecular complexity index is 241. The van der Waals surface area contributed by atoms with Gasteiger partial charge in [-0.2, -0.15) is 0 Å². The molecule has 2 heterocycles. The van der Waals surface area contributed by atoms with E-state index in [1.54, 1.807) is 0 Å². The zero-order valence-electron chi connectivity index (χ0n) is 9.65. The van der Waals surface area contributed by atoms with Crippen molar-refractivity contribution in [2.45, 2.75) is 25.4 Å². The molecule has 2 atom stereocenters. The SMILES string of the molecule is NCCC1CNC(=O)N(CC2CCCO2)C1. The first kappa shape index (κ1) is 11.7. The highest BCUT2D eigenvalue weighted by molar-refractivity contribution is 5.75. The summed E-state index contributed by atoms with van der Waals surface area (Å²) in [5.74, 6) is 0.490. The van der Waals surface area contributed by atoms with Crippen LogP contribution in [0.1, 0.15) is 19.3 Å². The van der Waals surface area contributed by atoms with Gasteiger partial charge in [-0.1, -0.05) is 0 Å². The van der Waals surface area contributed by atoms with Crippen molar-refractivity contribution in [3.05, 3.63) is 0 Å². The summed E-state index contributed by atoms with van der Waals surface area (Å²) in [7, 11) is 0. The molecule has 0 radical (unpaired) electrons. The average molecular weight is 227 g/mol. The summed E-state index contributed by atoms with van der Waals surface area (Å²) in [6.07, 6.45) is 3.40. The van der Waals surface area contributed by atoms with Gasteiger partial charge in [0.25, 0.3) is 0 Å². The Hall–Kier alpha value is -0.810. The lowest BCUT2D eigenvalue weighted by Gasteiger charge is -2.34. The molecule has 0 aromatic heterocycles. The van der Waals surface area contributed by atoms with E-state index in [0.29, 0.717) is 12.5 Å². The van der Waals surface area contributed by atoms with Gasteiger partial charge in [-0.3, -0.25) is 0 Å². The number of nitrogens with zero attached hydrogens (tertiary/aromatic N) is 1. The Morgan fingerprint density at radius 2 is 2.44 bits per heavy atom. The van der Waals surface area contributed by atoms with Crippen molar-refractivity contribution in [1.29, 1.82) is 0 Å². The summed E-state index contributed by atoms with van der Waals surface area (Å²) in [4.78, 5) is 13.5. The van der Waals surface area contributed by atoms with Crippen LogP contribution in [0.4, 0.5) is 4.79 Å². The fourth-order valence-electron chi connectivity index (χ4n) is 2.42. The zero-order valence-corrected chi connectivity index (χ0v) is 9.65. The van der Waals surface area contributed by atoms with Gasteiger partial charge in [-0.05, 0) is 31.7 Å². The molecule has 2 aliphatic rings. The standard InChI is InChI=1S/C11H21N3O2/c12-4-3-9-6-13-11(15)14(7-9)8-10-2-1-5-16-10/h9-10H,1-8,12H2,(H,13,15). The Morgan fingerprint density at radius 1 is 1.56 bits per heavy atom. The summed E-state index contributed by atoms with van der Waals surface area (Å²) >= 11 is 0. The molecule has 16 heavy (non-hydrogen) atoms. The molecule has 2 unspecified atom stereocenters. The van der Waals surface area contributed by atoms with Crippen LogP contribution >= 0.6 is 0 Å². The number of nitrogens with one attached hydrogen (secondary N) is 1. The van der Waals surface area contributed by atoms with Crippen LogP contribution in [0.2, 0.25) is 0 Å². The molecule has 0 bridgehead atoms. The molecular formula is C11H21N3O2. The normalized spacial score (nSPS) is 30.6. The highest BCUT2D eigenvalue weighted by Gasteiger charge is 2.28. The second-order valence-corrected chi connectivity index (χ2v) is 4.67. The van der Waals surface area contributed by atoms with Gasteiger partial charge in [-0.25, -0.2) is 4.79 Å². The fraction of sp³-hybridized carbons (Fsp3) is 0.909. The van der Waals surface area contributed by atoms with Crippen molar-refractivity contribution in [3.8, 4) is 0 Å². The Balaban J connectivity index is 1.82. The second kappa shape index (κ2) is 5.50. The number of carbonyl (C=O) groups is 1. The smallest absolute Gasteiger partial charge is 0.317 e. The molecule has 0 aromatic carbocycles. The number of urea groups is 1. The number of hydrogen-bond donors (Lipinski definition) is 2. The van der Waals surface area contributed by atoms with Gasteiger partial charge < -0.3 is 20.7 Å². The summed E-state index contributed by atoms with van der Waals surface area (Å²) < 4.78 is 5.55. The summed E-state index contributed by atoms with van der Waals surface area (Å²) in [5, 5.41) is 2.92. The van der Waals surface area contributed by atoms with Crippen LogP contribution in [-0.2, 0) is 4.74 Å². The molecular weight excluding hydrogens is 206 g/mol. The average Bonchev–Trinajstić information content (AvgIpc) is 2.76. The van der Waals surface area contributed by atoms with Crippen molar-refractivity contribution < 1.29 is 9.53 Å². The third kappa shape index (κ3) is 2.86. The first-order valence-corrected chi connectivity index (χ1v) is 6.14. The Morgan fingerprint density at radius 3 is 3.12 bits per heavy atom. The third-order valence-corrected chi connectivity index (χ3v) is 3.33. The molecule has 5 heteroatoms. The van der Waals surface area contributed by atoms with E-state index in [2.05, 4.69) is 5.32 Å². The van der Waals surface area contributed by atoms with Crippen LogP contribution in [0, 0.1) is 5.92 Å². The zero-order chi connectivity index (χ0) is 11.4. The minimum Gasteiger partial charge on any atom is -0.376 e. The van der Waals surface area contributed by atoms with Crippen LogP contribution < -0.4 is 11.1 Å². The van der Waals surface area contributed by atoms with Gasteiger partial charge in [0, 0.05) is 26.2 Å². The van der Waals surface area contributed by atoms with Gasteiger partial charge in [0.1, 0.15) is 0 Å². The molecule has 0 aromatic rings. The van der Waals surface area contributed by atoms with Crippen molar-refractivity contribution in [2.75, 3.05) is 32.8 Å². The topological polar surface area (TPSA) is 67.6 Å². The number of ether oxygens (including phenoxy) is 1. The summed E-state index contributed by atoms with van der Waals surface area (Å²) in [5.41, 5.74) is 5.55. The van der Waals surface area contributed by atoms with Crippen LogP contribution in [-0.4, -0.2) is 49.8 Å². The maximum Gasteiger partial charge on any atom is 0.317 e. The van der Waals surface area contributed by atoms with E-state index in [1.807, 2.05) is 4.90 Å². The number of amides is 2. The highest BCUT2D eigenvalue weighted by atomic mass is 16.5. The minimum atomic E-state index is 0.0452. The maximum atomic E-state index is 11.7. The van der Waals surface area contributed by atoms with Crippen molar-refractivity contribution in [2.24, 2.45) is 11.7 Å². The third-order valence-electron chi connectivity index (χ3n) is 3.33. The van der Waals surface area contributed by atoms with E-state index in [4.69, 9.17) is 10.5 Å². The van der Waals surface area contributed by atoms with E-state index in [1.165, 1.54) is 0 Å². The van der Waals surface area contributed by atoms with Gasteiger partial charge in [0.05, 0.1) is 6.10 Å². The van der Waals surface area contributed by atoms with E-state index >= 15 is 0 Å². The lowest BCUT2D eigenvalue weighted by Crippen LogP contribution is -2.53. The van der Waals surface area contributed by atoms with Crippen LogP contribution in [0.15, 0.2) is 0 Å². The van der Waals surface area contributed by atoms with E-state index in [0.717, 1.165) is 45.5 Å². The summed E-state index contributed by atoms with van der Waals surface area (Å²) in [6.45, 7) is 3.84. The number of nitrogens with two attached hydrogens (primary N) is 1. The van der Waals surface area contributed by atoms with Gasteiger partial charge >= 0.3 is 6.03 Å². The molecule has 3 N–H and O–H groups in total. The van der Waals surface area contributed by atoms with Crippen molar-refractivity contribution in [1.82, 2.24) is 10.2 Å². The molecule has 5 nitrogen and oxygen atoms in total. The molecule has 2 rings (SSSR count). The minimum absolute atomic E-state index is 0.0452. The van der Waals surface area contributed by atoms with E-state index in [9.17, 15) is 4.79 Å². The molecule has 2 amide bonds. The largest absolute Gasteiger partial charge is 0.376 e. The van der Waals surface area contributed by atoms with Crippen molar-refractivity contribution in [3.63, 3.8) is 0 Å². The van der Waals surface area contributed by atoms with Gasteiger partial charge in [0.2, 0.25) is 0 Å². The van der Waals surface area contributed by atoms with Crippen molar-refractivity contribution >= 4 is 6.03 Å².